The molecule has 1 atom stereocenters. The van der Waals surface area contributed by atoms with Crippen molar-refractivity contribution in [3.63, 3.8) is 0 Å². The van der Waals surface area contributed by atoms with Gasteiger partial charge in [0.15, 0.2) is 5.13 Å². The van der Waals surface area contributed by atoms with E-state index in [1.165, 1.54) is 23.5 Å². The van der Waals surface area contributed by atoms with E-state index in [4.69, 9.17) is 0 Å². The third-order valence-electron chi connectivity index (χ3n) is 4.07. The highest BCUT2D eigenvalue weighted by atomic mass is 32.1. The van der Waals surface area contributed by atoms with Crippen LogP contribution in [0.4, 0.5) is 4.39 Å². The predicted molar refractivity (Wildman–Crippen MR) is 97.6 cm³/mol. The summed E-state index contributed by atoms with van der Waals surface area (Å²) in [4.78, 5) is 16.8. The molecule has 3 rings (SSSR count). The first kappa shape index (κ1) is 17.4. The van der Waals surface area contributed by atoms with Gasteiger partial charge in [-0.15, -0.1) is 11.3 Å². The van der Waals surface area contributed by atoms with Gasteiger partial charge in [0, 0.05) is 16.8 Å². The van der Waals surface area contributed by atoms with Crippen LogP contribution in [-0.2, 0) is 11.2 Å². The molecule has 1 amide bonds. The summed E-state index contributed by atoms with van der Waals surface area (Å²) >= 11 is 1.52. The lowest BCUT2D eigenvalue weighted by atomic mass is 10.1. The number of aryl methyl sites for hydroxylation is 2. The number of nitrogens with zero attached hydrogens (tertiary/aromatic N) is 2. The first-order chi connectivity index (χ1) is 11.9. The van der Waals surface area contributed by atoms with E-state index in [1.807, 2.05) is 38.3 Å². The number of aromatic nitrogens is 2. The number of thiazole rings is 1. The minimum Gasteiger partial charge on any atom is -0.349 e. The summed E-state index contributed by atoms with van der Waals surface area (Å²) in [5.41, 5.74) is 3.70. The van der Waals surface area contributed by atoms with Crippen molar-refractivity contribution in [2.24, 2.45) is 0 Å². The number of nitrogens with one attached hydrogen (secondary N) is 1. The number of hydrogen-bond acceptors (Lipinski definition) is 3. The fourth-order valence-corrected chi connectivity index (χ4v) is 3.71. The molecule has 0 fully saturated rings. The fraction of sp³-hybridized carbons (Fsp3) is 0.263. The number of hydrogen-bond donors (Lipinski definition) is 1. The molecule has 2 heterocycles. The standard InChI is InChI=1S/C19H20FN3OS/c1-12-7-8-13(2)23(12)19-22-17(11-25-19)10-18(24)21-14(3)15-5-4-6-16(20)9-15/h4-9,11,14H,10H2,1-3H3,(H,21,24)/t14-/m0/s1. The maximum Gasteiger partial charge on any atom is 0.226 e. The van der Waals surface area contributed by atoms with E-state index in [1.54, 1.807) is 12.1 Å². The van der Waals surface area contributed by atoms with Gasteiger partial charge in [-0.3, -0.25) is 9.36 Å². The van der Waals surface area contributed by atoms with Crippen LogP contribution in [0.2, 0.25) is 0 Å². The van der Waals surface area contributed by atoms with Crippen LogP contribution in [0.5, 0.6) is 0 Å². The highest BCUT2D eigenvalue weighted by Gasteiger charge is 2.14. The SMILES string of the molecule is Cc1ccc(C)n1-c1nc(CC(=O)N[C@@H](C)c2cccc(F)c2)cs1. The Hall–Kier alpha value is -2.47. The summed E-state index contributed by atoms with van der Waals surface area (Å²) in [7, 11) is 0. The van der Waals surface area contributed by atoms with Crippen molar-refractivity contribution in [3.05, 3.63) is 70.2 Å². The van der Waals surface area contributed by atoms with Crippen molar-refractivity contribution in [3.8, 4) is 5.13 Å². The maximum absolute atomic E-state index is 13.3. The van der Waals surface area contributed by atoms with E-state index < -0.39 is 0 Å². The van der Waals surface area contributed by atoms with Crippen molar-refractivity contribution in [2.75, 3.05) is 0 Å². The third kappa shape index (κ3) is 3.96. The van der Waals surface area contributed by atoms with Crippen LogP contribution in [0.1, 0.15) is 35.6 Å². The van der Waals surface area contributed by atoms with E-state index in [-0.39, 0.29) is 24.2 Å². The van der Waals surface area contributed by atoms with Crippen LogP contribution in [-0.4, -0.2) is 15.5 Å². The second kappa shape index (κ2) is 7.19. The first-order valence-electron chi connectivity index (χ1n) is 8.08. The largest absolute Gasteiger partial charge is 0.349 e. The molecule has 0 bridgehead atoms. The van der Waals surface area contributed by atoms with Gasteiger partial charge in [-0.2, -0.15) is 0 Å². The topological polar surface area (TPSA) is 46.9 Å². The molecule has 0 unspecified atom stereocenters. The molecule has 6 heteroatoms. The van der Waals surface area contributed by atoms with Crippen LogP contribution >= 0.6 is 11.3 Å². The molecule has 2 aromatic heterocycles. The Kier molecular flexibility index (Phi) is 4.99. The molecule has 0 saturated heterocycles. The molecule has 0 aliphatic heterocycles. The van der Waals surface area contributed by atoms with Gasteiger partial charge in [-0.25, -0.2) is 9.37 Å². The van der Waals surface area contributed by atoms with Crippen molar-refractivity contribution < 1.29 is 9.18 Å². The molecule has 0 radical (unpaired) electrons. The maximum atomic E-state index is 13.3. The molecular formula is C19H20FN3OS. The zero-order chi connectivity index (χ0) is 18.0. The molecule has 0 aliphatic carbocycles. The van der Waals surface area contributed by atoms with E-state index in [9.17, 15) is 9.18 Å². The zero-order valence-electron chi connectivity index (χ0n) is 14.4. The molecule has 1 N–H and O–H groups in total. The van der Waals surface area contributed by atoms with E-state index in [2.05, 4.69) is 14.9 Å². The number of benzene rings is 1. The average molecular weight is 357 g/mol. The van der Waals surface area contributed by atoms with Crippen molar-refractivity contribution >= 4 is 17.2 Å². The summed E-state index contributed by atoms with van der Waals surface area (Å²) in [5.74, 6) is -0.435. The zero-order valence-corrected chi connectivity index (χ0v) is 15.2. The monoisotopic (exact) mass is 357 g/mol. The Morgan fingerprint density at radius 2 is 2.00 bits per heavy atom. The van der Waals surface area contributed by atoms with Crippen molar-refractivity contribution in [1.29, 1.82) is 0 Å². The van der Waals surface area contributed by atoms with Crippen molar-refractivity contribution in [2.45, 2.75) is 33.2 Å². The Balaban J connectivity index is 1.66. The highest BCUT2D eigenvalue weighted by Crippen LogP contribution is 2.21. The summed E-state index contributed by atoms with van der Waals surface area (Å²) in [5, 5.41) is 5.66. The van der Waals surface area contributed by atoms with Gasteiger partial charge in [-0.05, 0) is 50.6 Å². The van der Waals surface area contributed by atoms with Gasteiger partial charge >= 0.3 is 0 Å². The summed E-state index contributed by atoms with van der Waals surface area (Å²) < 4.78 is 15.4. The molecule has 1 aromatic carbocycles. The third-order valence-corrected chi connectivity index (χ3v) is 4.94. The number of amides is 1. The number of carbonyl (C=O) groups excluding carboxylic acids is 1. The van der Waals surface area contributed by atoms with Crippen LogP contribution in [0, 0.1) is 19.7 Å². The predicted octanol–water partition coefficient (Wildman–Crippen LogP) is 4.11. The smallest absolute Gasteiger partial charge is 0.226 e. The van der Waals surface area contributed by atoms with E-state index >= 15 is 0 Å². The van der Waals surface area contributed by atoms with Crippen LogP contribution in [0.15, 0.2) is 41.8 Å². The van der Waals surface area contributed by atoms with Gasteiger partial charge in [-0.1, -0.05) is 12.1 Å². The lowest BCUT2D eigenvalue weighted by Crippen LogP contribution is -2.28. The molecule has 0 saturated carbocycles. The highest BCUT2D eigenvalue weighted by molar-refractivity contribution is 7.12. The normalized spacial score (nSPS) is 12.2. The molecule has 4 nitrogen and oxygen atoms in total. The molecule has 130 valence electrons. The fourth-order valence-electron chi connectivity index (χ4n) is 2.77. The molecular weight excluding hydrogens is 337 g/mol. The van der Waals surface area contributed by atoms with Crippen LogP contribution in [0.25, 0.3) is 5.13 Å². The quantitative estimate of drug-likeness (QED) is 0.747. The van der Waals surface area contributed by atoms with Crippen molar-refractivity contribution in [1.82, 2.24) is 14.9 Å². The van der Waals surface area contributed by atoms with Crippen LogP contribution in [0.3, 0.4) is 0 Å². The minimum absolute atomic E-state index is 0.130. The summed E-state index contributed by atoms with van der Waals surface area (Å²) in [6.45, 7) is 5.90. The second-order valence-corrected chi connectivity index (χ2v) is 6.93. The summed E-state index contributed by atoms with van der Waals surface area (Å²) in [6, 6.07) is 10.1. The number of halogens is 1. The Labute approximate surface area is 150 Å². The number of rotatable bonds is 5. The van der Waals surface area contributed by atoms with E-state index in [0.29, 0.717) is 0 Å². The van der Waals surface area contributed by atoms with Crippen LogP contribution < -0.4 is 5.32 Å². The Morgan fingerprint density at radius 3 is 2.68 bits per heavy atom. The lowest BCUT2D eigenvalue weighted by molar-refractivity contribution is -0.121. The van der Waals surface area contributed by atoms with Gasteiger partial charge in [0.1, 0.15) is 5.82 Å². The molecule has 0 aliphatic rings. The van der Waals surface area contributed by atoms with Gasteiger partial charge in [0.05, 0.1) is 18.2 Å². The number of carbonyl (C=O) groups is 1. The Bertz CT molecular complexity index is 880. The lowest BCUT2D eigenvalue weighted by Gasteiger charge is -2.14. The van der Waals surface area contributed by atoms with Gasteiger partial charge in [0.2, 0.25) is 5.91 Å². The van der Waals surface area contributed by atoms with Gasteiger partial charge in [0.25, 0.3) is 0 Å². The Morgan fingerprint density at radius 1 is 1.28 bits per heavy atom. The molecule has 3 aromatic rings. The minimum atomic E-state index is -0.305. The first-order valence-corrected chi connectivity index (χ1v) is 8.96. The van der Waals surface area contributed by atoms with E-state index in [0.717, 1.165) is 27.8 Å². The summed E-state index contributed by atoms with van der Waals surface area (Å²) in [6.07, 6.45) is 0.204. The molecule has 25 heavy (non-hydrogen) atoms. The molecule has 0 spiro atoms. The van der Waals surface area contributed by atoms with Gasteiger partial charge < -0.3 is 5.32 Å². The second-order valence-electron chi connectivity index (χ2n) is 6.09. The average Bonchev–Trinajstić information content (AvgIpc) is 3.13.